The van der Waals surface area contributed by atoms with E-state index in [0.717, 1.165) is 0 Å². The fraction of sp³-hybridized carbons (Fsp3) is 0.364. The first-order valence-electron chi connectivity index (χ1n) is 10.0. The molecule has 1 N–H and O–H groups in total. The number of fused-ring (bicyclic) bond motifs is 1. The van der Waals surface area contributed by atoms with Gasteiger partial charge < -0.3 is 24.4 Å². The van der Waals surface area contributed by atoms with E-state index in [1.165, 1.54) is 0 Å². The first kappa shape index (κ1) is 21.6. The van der Waals surface area contributed by atoms with Gasteiger partial charge in [-0.05, 0) is 50.1 Å². The summed E-state index contributed by atoms with van der Waals surface area (Å²) in [6.07, 6.45) is 0.463. The quantitative estimate of drug-likeness (QED) is 0.710. The van der Waals surface area contributed by atoms with Gasteiger partial charge in [-0.15, -0.1) is 0 Å². The number of halogens is 2. The highest BCUT2D eigenvalue weighted by atomic mass is 35.5. The molecule has 0 bridgehead atoms. The van der Waals surface area contributed by atoms with Crippen molar-refractivity contribution in [1.82, 2.24) is 4.90 Å². The van der Waals surface area contributed by atoms with E-state index in [-0.39, 0.29) is 24.5 Å². The number of nitrogens with one attached hydrogen (secondary N) is 1. The van der Waals surface area contributed by atoms with Crippen LogP contribution in [0.2, 0.25) is 10.0 Å². The van der Waals surface area contributed by atoms with E-state index < -0.39 is 6.10 Å². The third-order valence-electron chi connectivity index (χ3n) is 5.36. The van der Waals surface area contributed by atoms with Crippen LogP contribution in [-0.2, 0) is 9.59 Å². The van der Waals surface area contributed by atoms with Gasteiger partial charge in [-0.1, -0.05) is 23.2 Å². The minimum Gasteiger partial charge on any atom is -0.479 e. The number of nitrogens with zero attached hydrogens (tertiary/aromatic N) is 1. The highest BCUT2D eigenvalue weighted by Crippen LogP contribution is 2.34. The molecule has 1 saturated heterocycles. The van der Waals surface area contributed by atoms with Crippen molar-refractivity contribution in [1.29, 1.82) is 0 Å². The summed E-state index contributed by atoms with van der Waals surface area (Å²) in [5.74, 6) is 1.32. The molecule has 7 nitrogen and oxygen atoms in total. The average molecular weight is 465 g/mol. The Kier molecular flexibility index (Phi) is 6.43. The molecule has 31 heavy (non-hydrogen) atoms. The first-order chi connectivity index (χ1) is 14.9. The topological polar surface area (TPSA) is 77.1 Å². The lowest BCUT2D eigenvalue weighted by atomic mass is 9.95. The molecule has 0 aliphatic carbocycles. The maximum absolute atomic E-state index is 12.8. The molecule has 0 aromatic heterocycles. The van der Waals surface area contributed by atoms with E-state index in [1.54, 1.807) is 48.2 Å². The van der Waals surface area contributed by atoms with Crippen LogP contribution in [0.4, 0.5) is 5.69 Å². The van der Waals surface area contributed by atoms with Crippen molar-refractivity contribution < 1.29 is 23.8 Å². The SMILES string of the molecule is C[C@@H](Oc1ccc(Cl)cc1Cl)C(=O)N1CCC(C(=O)Nc2ccc3c(c2)OCO3)CC1. The number of ether oxygens (including phenoxy) is 3. The number of piperidine rings is 1. The van der Waals surface area contributed by atoms with Crippen LogP contribution in [0.15, 0.2) is 36.4 Å². The Morgan fingerprint density at radius 3 is 2.58 bits per heavy atom. The summed E-state index contributed by atoms with van der Waals surface area (Å²) in [5.41, 5.74) is 0.662. The van der Waals surface area contributed by atoms with Crippen LogP contribution in [0.25, 0.3) is 0 Å². The van der Waals surface area contributed by atoms with Gasteiger partial charge in [0.05, 0.1) is 5.02 Å². The summed E-state index contributed by atoms with van der Waals surface area (Å²) < 4.78 is 16.3. The summed E-state index contributed by atoms with van der Waals surface area (Å²) in [7, 11) is 0. The van der Waals surface area contributed by atoms with Crippen LogP contribution >= 0.6 is 23.2 Å². The highest BCUT2D eigenvalue weighted by molar-refractivity contribution is 6.35. The van der Waals surface area contributed by atoms with Crippen LogP contribution < -0.4 is 19.5 Å². The molecule has 2 aliphatic heterocycles. The molecule has 1 fully saturated rings. The molecule has 4 rings (SSSR count). The average Bonchev–Trinajstić information content (AvgIpc) is 3.23. The van der Waals surface area contributed by atoms with Gasteiger partial charge in [0.2, 0.25) is 12.7 Å². The van der Waals surface area contributed by atoms with Crippen molar-refractivity contribution in [2.24, 2.45) is 5.92 Å². The fourth-order valence-corrected chi connectivity index (χ4v) is 4.10. The lowest BCUT2D eigenvalue weighted by molar-refractivity contribution is -0.140. The van der Waals surface area contributed by atoms with Crippen molar-refractivity contribution in [3.8, 4) is 17.2 Å². The molecule has 2 aromatic carbocycles. The molecule has 164 valence electrons. The van der Waals surface area contributed by atoms with Crippen LogP contribution in [0, 0.1) is 5.92 Å². The minimum atomic E-state index is -0.697. The largest absolute Gasteiger partial charge is 0.479 e. The molecule has 0 saturated carbocycles. The van der Waals surface area contributed by atoms with Gasteiger partial charge in [0.1, 0.15) is 5.75 Å². The van der Waals surface area contributed by atoms with Crippen molar-refractivity contribution in [2.75, 3.05) is 25.2 Å². The number of amides is 2. The van der Waals surface area contributed by atoms with Crippen LogP contribution in [-0.4, -0.2) is 42.7 Å². The predicted molar refractivity (Wildman–Crippen MR) is 117 cm³/mol. The monoisotopic (exact) mass is 464 g/mol. The molecular formula is C22H22Cl2N2O5. The molecule has 9 heteroatoms. The van der Waals surface area contributed by atoms with Gasteiger partial charge in [0.15, 0.2) is 17.6 Å². The summed E-state index contributed by atoms with van der Waals surface area (Å²) >= 11 is 12.0. The summed E-state index contributed by atoms with van der Waals surface area (Å²) in [6, 6.07) is 10.2. The third kappa shape index (κ3) is 4.99. The standard InChI is InChI=1S/C22H22Cl2N2O5/c1-13(31-18-4-2-15(23)10-17(18)24)22(28)26-8-6-14(7-9-26)21(27)25-16-3-5-19-20(11-16)30-12-29-19/h2-5,10-11,13-14H,6-9,12H2,1H3,(H,25,27)/t13-/m1/s1. The second-order valence-electron chi connectivity index (χ2n) is 7.49. The van der Waals surface area contributed by atoms with Gasteiger partial charge in [-0.2, -0.15) is 0 Å². The van der Waals surface area contributed by atoms with Crippen LogP contribution in [0.3, 0.4) is 0 Å². The van der Waals surface area contributed by atoms with Gasteiger partial charge in [-0.3, -0.25) is 9.59 Å². The number of carbonyl (C=O) groups is 2. The molecule has 2 amide bonds. The van der Waals surface area contributed by atoms with Crippen molar-refractivity contribution in [3.63, 3.8) is 0 Å². The van der Waals surface area contributed by atoms with Gasteiger partial charge in [0, 0.05) is 35.8 Å². The molecule has 0 radical (unpaired) electrons. The Labute approximate surface area is 190 Å². The zero-order chi connectivity index (χ0) is 22.0. The molecule has 2 heterocycles. The third-order valence-corrected chi connectivity index (χ3v) is 5.89. The fourth-order valence-electron chi connectivity index (χ4n) is 3.65. The zero-order valence-corrected chi connectivity index (χ0v) is 18.4. The number of anilines is 1. The maximum Gasteiger partial charge on any atom is 0.263 e. The van der Waals surface area contributed by atoms with E-state index in [0.29, 0.717) is 58.9 Å². The lowest BCUT2D eigenvalue weighted by Crippen LogP contribution is -2.46. The summed E-state index contributed by atoms with van der Waals surface area (Å²) in [5, 5.41) is 3.77. The summed E-state index contributed by atoms with van der Waals surface area (Å²) in [6.45, 7) is 2.84. The molecule has 2 aliphatic rings. The maximum atomic E-state index is 12.8. The number of likely N-dealkylation sites (tertiary alicyclic amines) is 1. The molecule has 0 spiro atoms. The smallest absolute Gasteiger partial charge is 0.263 e. The second-order valence-corrected chi connectivity index (χ2v) is 8.34. The highest BCUT2D eigenvalue weighted by Gasteiger charge is 2.30. The van der Waals surface area contributed by atoms with Crippen molar-refractivity contribution in [3.05, 3.63) is 46.4 Å². The Morgan fingerprint density at radius 1 is 1.10 bits per heavy atom. The zero-order valence-electron chi connectivity index (χ0n) is 16.9. The number of hydrogen-bond donors (Lipinski definition) is 1. The number of hydrogen-bond acceptors (Lipinski definition) is 5. The van der Waals surface area contributed by atoms with Crippen molar-refractivity contribution >= 4 is 40.7 Å². The number of rotatable bonds is 5. The van der Waals surface area contributed by atoms with Gasteiger partial charge in [-0.25, -0.2) is 0 Å². The molecule has 2 aromatic rings. The summed E-state index contributed by atoms with van der Waals surface area (Å²) in [4.78, 5) is 27.1. The Balaban J connectivity index is 1.28. The molecule has 1 atom stereocenters. The minimum absolute atomic E-state index is 0.0665. The van der Waals surface area contributed by atoms with E-state index in [4.69, 9.17) is 37.4 Å². The Bertz CT molecular complexity index is 992. The lowest BCUT2D eigenvalue weighted by Gasteiger charge is -2.33. The number of benzene rings is 2. The molecule has 0 unspecified atom stereocenters. The van der Waals surface area contributed by atoms with Crippen molar-refractivity contribution in [2.45, 2.75) is 25.9 Å². The van der Waals surface area contributed by atoms with E-state index in [2.05, 4.69) is 5.32 Å². The van der Waals surface area contributed by atoms with E-state index in [1.807, 2.05) is 0 Å². The van der Waals surface area contributed by atoms with Crippen LogP contribution in [0.1, 0.15) is 19.8 Å². The Morgan fingerprint density at radius 2 is 1.84 bits per heavy atom. The van der Waals surface area contributed by atoms with E-state index >= 15 is 0 Å². The first-order valence-corrected chi connectivity index (χ1v) is 10.8. The van der Waals surface area contributed by atoms with Crippen LogP contribution in [0.5, 0.6) is 17.2 Å². The Hall–Kier alpha value is -2.64. The molecular weight excluding hydrogens is 443 g/mol. The van der Waals surface area contributed by atoms with Gasteiger partial charge >= 0.3 is 0 Å². The predicted octanol–water partition coefficient (Wildman–Crippen LogP) is 4.37. The van der Waals surface area contributed by atoms with E-state index in [9.17, 15) is 9.59 Å². The normalized spacial score (nSPS) is 16.7. The number of carbonyl (C=O) groups excluding carboxylic acids is 2. The second kappa shape index (κ2) is 9.24. The van der Waals surface area contributed by atoms with Gasteiger partial charge in [0.25, 0.3) is 5.91 Å².